The SMILES string of the molecule is Cc1ccc(OCC#CCOc2cc(C)oc(=S)c2)c(C)c1. The first-order chi connectivity index (χ1) is 10.5. The largest absolute Gasteiger partial charge is 0.481 e. The van der Waals surface area contributed by atoms with E-state index >= 15 is 0 Å². The number of hydrogen-bond acceptors (Lipinski definition) is 4. The summed E-state index contributed by atoms with van der Waals surface area (Å²) in [4.78, 5) is 0. The zero-order valence-electron chi connectivity index (χ0n) is 12.9. The molecule has 0 radical (unpaired) electrons. The summed E-state index contributed by atoms with van der Waals surface area (Å²) in [5.74, 6) is 8.08. The second kappa shape index (κ2) is 7.67. The molecule has 0 N–H and O–H groups in total. The molecule has 0 bridgehead atoms. The van der Waals surface area contributed by atoms with Gasteiger partial charge in [-0.3, -0.25) is 0 Å². The predicted octanol–water partition coefficient (Wildman–Crippen LogP) is 4.40. The van der Waals surface area contributed by atoms with E-state index in [2.05, 4.69) is 24.8 Å². The Balaban J connectivity index is 1.81. The van der Waals surface area contributed by atoms with Crippen LogP contribution in [0.5, 0.6) is 11.5 Å². The standard InChI is InChI=1S/C18H18O3S/c1-13-6-7-17(14(2)10-13)20-9-5-4-8-19-16-11-15(3)21-18(22)12-16/h6-7,10-12H,8-9H2,1-3H3. The van der Waals surface area contributed by atoms with Crippen LogP contribution < -0.4 is 9.47 Å². The maximum absolute atomic E-state index is 5.62. The van der Waals surface area contributed by atoms with Gasteiger partial charge in [0.2, 0.25) is 0 Å². The average Bonchev–Trinajstić information content (AvgIpc) is 2.43. The summed E-state index contributed by atoms with van der Waals surface area (Å²) in [6.07, 6.45) is 0. The van der Waals surface area contributed by atoms with Gasteiger partial charge >= 0.3 is 0 Å². The van der Waals surface area contributed by atoms with Gasteiger partial charge in [0.1, 0.15) is 30.5 Å². The van der Waals surface area contributed by atoms with Gasteiger partial charge in [0.15, 0.2) is 4.71 Å². The smallest absolute Gasteiger partial charge is 0.193 e. The van der Waals surface area contributed by atoms with Crippen LogP contribution in [0, 0.1) is 37.3 Å². The molecule has 0 atom stereocenters. The number of ether oxygens (including phenoxy) is 2. The lowest BCUT2D eigenvalue weighted by atomic mass is 10.1. The first-order valence-electron chi connectivity index (χ1n) is 6.95. The van der Waals surface area contributed by atoms with Gasteiger partial charge < -0.3 is 13.9 Å². The normalized spacial score (nSPS) is 9.77. The molecule has 0 aliphatic heterocycles. The van der Waals surface area contributed by atoms with Crippen LogP contribution in [0.15, 0.2) is 34.7 Å². The molecule has 0 aliphatic carbocycles. The fourth-order valence-corrected chi connectivity index (χ4v) is 2.20. The molecule has 0 aliphatic rings. The van der Waals surface area contributed by atoms with E-state index in [0.29, 0.717) is 22.8 Å². The minimum Gasteiger partial charge on any atom is -0.481 e. The Morgan fingerprint density at radius 1 is 1.00 bits per heavy atom. The molecule has 0 saturated heterocycles. The zero-order valence-corrected chi connectivity index (χ0v) is 13.8. The molecule has 0 fully saturated rings. The molecule has 2 rings (SSSR count). The van der Waals surface area contributed by atoms with E-state index in [4.69, 9.17) is 26.1 Å². The average molecular weight is 314 g/mol. The Hall–Kier alpha value is -2.25. The fourth-order valence-electron chi connectivity index (χ4n) is 1.96. The number of benzene rings is 1. The quantitative estimate of drug-likeness (QED) is 0.618. The van der Waals surface area contributed by atoms with Crippen molar-refractivity contribution in [1.29, 1.82) is 0 Å². The lowest BCUT2D eigenvalue weighted by Gasteiger charge is -2.06. The van der Waals surface area contributed by atoms with Crippen LogP contribution in [0.1, 0.15) is 16.9 Å². The molecule has 0 saturated carbocycles. The van der Waals surface area contributed by atoms with Gasteiger partial charge in [-0.2, -0.15) is 0 Å². The highest BCUT2D eigenvalue weighted by Gasteiger charge is 1.98. The van der Waals surface area contributed by atoms with Gasteiger partial charge in [-0.25, -0.2) is 0 Å². The molecule has 3 nitrogen and oxygen atoms in total. The van der Waals surface area contributed by atoms with Crippen molar-refractivity contribution < 1.29 is 13.9 Å². The van der Waals surface area contributed by atoms with Gasteiger partial charge in [-0.15, -0.1) is 0 Å². The summed E-state index contributed by atoms with van der Waals surface area (Å²) in [6.45, 7) is 6.53. The van der Waals surface area contributed by atoms with E-state index in [1.54, 1.807) is 12.1 Å². The van der Waals surface area contributed by atoms with E-state index in [1.165, 1.54) is 5.56 Å². The Bertz CT molecular complexity index is 766. The third-order valence-electron chi connectivity index (χ3n) is 2.93. The molecule has 1 aromatic carbocycles. The molecule has 114 valence electrons. The minimum atomic E-state index is 0.286. The molecule has 0 amide bonds. The van der Waals surface area contributed by atoms with Gasteiger partial charge in [0, 0.05) is 12.1 Å². The minimum absolute atomic E-state index is 0.286. The molecule has 0 spiro atoms. The first kappa shape index (κ1) is 16.1. The second-order valence-corrected chi connectivity index (χ2v) is 5.33. The van der Waals surface area contributed by atoms with Gasteiger partial charge in [-0.05, 0) is 44.6 Å². The molecule has 22 heavy (non-hydrogen) atoms. The lowest BCUT2D eigenvalue weighted by molar-refractivity contribution is 0.356. The van der Waals surface area contributed by atoms with Crippen LogP contribution in [0.4, 0.5) is 0 Å². The van der Waals surface area contributed by atoms with Crippen molar-refractivity contribution in [3.63, 3.8) is 0 Å². The summed E-state index contributed by atoms with van der Waals surface area (Å²) >= 11 is 4.98. The van der Waals surface area contributed by atoms with E-state index < -0.39 is 0 Å². The third-order valence-corrected chi connectivity index (χ3v) is 3.13. The first-order valence-corrected chi connectivity index (χ1v) is 7.36. The van der Waals surface area contributed by atoms with E-state index in [9.17, 15) is 0 Å². The van der Waals surface area contributed by atoms with E-state index in [0.717, 1.165) is 11.3 Å². The van der Waals surface area contributed by atoms with Gasteiger partial charge in [0.05, 0.1) is 0 Å². The van der Waals surface area contributed by atoms with Crippen LogP contribution in [0.2, 0.25) is 0 Å². The third kappa shape index (κ3) is 4.94. The maximum atomic E-state index is 5.62. The van der Waals surface area contributed by atoms with Crippen molar-refractivity contribution in [3.8, 4) is 23.3 Å². The summed E-state index contributed by atoms with van der Waals surface area (Å²) in [5.41, 5.74) is 2.33. The second-order valence-electron chi connectivity index (χ2n) is 4.92. The summed E-state index contributed by atoms with van der Waals surface area (Å²) < 4.78 is 16.7. The molecular weight excluding hydrogens is 296 g/mol. The van der Waals surface area contributed by atoms with Crippen LogP contribution in [-0.2, 0) is 0 Å². The van der Waals surface area contributed by atoms with Crippen LogP contribution in [0.3, 0.4) is 0 Å². The highest BCUT2D eigenvalue weighted by atomic mass is 32.1. The molecule has 0 unspecified atom stereocenters. The van der Waals surface area contributed by atoms with Gasteiger partial charge in [-0.1, -0.05) is 29.5 Å². The topological polar surface area (TPSA) is 31.6 Å². The summed E-state index contributed by atoms with van der Waals surface area (Å²) in [5, 5.41) is 0. The van der Waals surface area contributed by atoms with Crippen molar-refractivity contribution in [2.45, 2.75) is 20.8 Å². The number of rotatable bonds is 4. The van der Waals surface area contributed by atoms with E-state index in [1.807, 2.05) is 26.0 Å². The highest BCUT2D eigenvalue weighted by molar-refractivity contribution is 7.71. The Morgan fingerprint density at radius 2 is 1.73 bits per heavy atom. The fraction of sp³-hybridized carbons (Fsp3) is 0.278. The van der Waals surface area contributed by atoms with Gasteiger partial charge in [0.25, 0.3) is 0 Å². The molecule has 4 heteroatoms. The summed E-state index contributed by atoms with van der Waals surface area (Å²) in [7, 11) is 0. The van der Waals surface area contributed by atoms with Crippen LogP contribution >= 0.6 is 12.2 Å². The maximum Gasteiger partial charge on any atom is 0.193 e. The zero-order chi connectivity index (χ0) is 15.9. The van der Waals surface area contributed by atoms with Crippen molar-refractivity contribution >= 4 is 12.2 Å². The lowest BCUT2D eigenvalue weighted by Crippen LogP contribution is -1.98. The van der Waals surface area contributed by atoms with Crippen molar-refractivity contribution in [2.75, 3.05) is 13.2 Å². The van der Waals surface area contributed by atoms with E-state index in [-0.39, 0.29) is 6.61 Å². The Morgan fingerprint density at radius 3 is 2.41 bits per heavy atom. The summed E-state index contributed by atoms with van der Waals surface area (Å²) in [6, 6.07) is 9.51. The molecule has 1 heterocycles. The van der Waals surface area contributed by atoms with Crippen LogP contribution in [0.25, 0.3) is 0 Å². The van der Waals surface area contributed by atoms with Crippen molar-refractivity contribution in [3.05, 3.63) is 51.9 Å². The molecule has 2 aromatic rings. The molecule has 1 aromatic heterocycles. The van der Waals surface area contributed by atoms with Crippen molar-refractivity contribution in [2.24, 2.45) is 0 Å². The Labute approximate surface area is 135 Å². The van der Waals surface area contributed by atoms with Crippen molar-refractivity contribution in [1.82, 2.24) is 0 Å². The van der Waals surface area contributed by atoms with Crippen LogP contribution in [-0.4, -0.2) is 13.2 Å². The number of aryl methyl sites for hydroxylation is 3. The molecular formula is C18H18O3S. The monoisotopic (exact) mass is 314 g/mol. The number of hydrogen-bond donors (Lipinski definition) is 0. The predicted molar refractivity (Wildman–Crippen MR) is 89.0 cm³/mol. The highest BCUT2D eigenvalue weighted by Crippen LogP contribution is 2.18. The Kier molecular flexibility index (Phi) is 5.62.